The zero-order chi connectivity index (χ0) is 18.0. The van der Waals surface area contributed by atoms with Crippen LogP contribution in [0.15, 0.2) is 30.3 Å². The summed E-state index contributed by atoms with van der Waals surface area (Å²) in [4.78, 5) is 25.2. The van der Waals surface area contributed by atoms with Gasteiger partial charge in [-0.2, -0.15) is 0 Å². The van der Waals surface area contributed by atoms with Gasteiger partial charge in [-0.3, -0.25) is 4.79 Å². The first-order valence-corrected chi connectivity index (χ1v) is 8.48. The molecule has 0 bridgehead atoms. The van der Waals surface area contributed by atoms with Crippen LogP contribution < -0.4 is 9.64 Å². The molecule has 1 aliphatic heterocycles. The summed E-state index contributed by atoms with van der Waals surface area (Å²) in [6, 6.07) is 9.99. The van der Waals surface area contributed by atoms with Gasteiger partial charge < -0.3 is 14.5 Å². The number of benzene rings is 1. The van der Waals surface area contributed by atoms with E-state index >= 15 is 0 Å². The first-order chi connectivity index (χ1) is 11.9. The van der Waals surface area contributed by atoms with E-state index in [9.17, 15) is 4.79 Å². The van der Waals surface area contributed by atoms with Crippen molar-refractivity contribution in [3.8, 4) is 6.01 Å². The van der Waals surface area contributed by atoms with E-state index in [1.165, 1.54) is 0 Å². The third-order valence-corrected chi connectivity index (χ3v) is 4.28. The molecule has 1 atom stereocenters. The van der Waals surface area contributed by atoms with Crippen molar-refractivity contribution in [3.63, 3.8) is 0 Å². The number of aromatic nitrogens is 2. The molecule has 1 aromatic carbocycles. The van der Waals surface area contributed by atoms with Crippen LogP contribution in [0.3, 0.4) is 0 Å². The predicted octanol–water partition coefficient (Wildman–Crippen LogP) is 2.45. The Morgan fingerprint density at radius 1 is 1.20 bits per heavy atom. The minimum atomic E-state index is -0.0674. The third kappa shape index (κ3) is 4.07. The van der Waals surface area contributed by atoms with Crippen molar-refractivity contribution in [3.05, 3.63) is 47.3 Å². The zero-order valence-corrected chi connectivity index (χ0v) is 15.2. The minimum Gasteiger partial charge on any atom is -0.458 e. The van der Waals surface area contributed by atoms with Crippen molar-refractivity contribution in [1.29, 1.82) is 0 Å². The van der Waals surface area contributed by atoms with E-state index in [0.717, 1.165) is 23.5 Å². The lowest BCUT2D eigenvalue weighted by molar-refractivity contribution is 0.0769. The average Bonchev–Trinajstić information content (AvgIpc) is 3.01. The summed E-state index contributed by atoms with van der Waals surface area (Å²) in [5.74, 6) is 0.0381. The quantitative estimate of drug-likeness (QED) is 0.856. The van der Waals surface area contributed by atoms with Crippen molar-refractivity contribution >= 4 is 11.6 Å². The Kier molecular flexibility index (Phi) is 4.88. The number of nitrogens with zero attached hydrogens (tertiary/aromatic N) is 4. The number of anilines is 1. The van der Waals surface area contributed by atoms with Crippen LogP contribution in [-0.4, -0.2) is 54.1 Å². The summed E-state index contributed by atoms with van der Waals surface area (Å²) in [5, 5.41) is 0. The first kappa shape index (κ1) is 17.2. The van der Waals surface area contributed by atoms with Crippen LogP contribution in [0.4, 0.5) is 5.69 Å². The van der Waals surface area contributed by atoms with Crippen LogP contribution in [0.2, 0.25) is 0 Å². The lowest BCUT2D eigenvalue weighted by Crippen LogP contribution is -2.31. The van der Waals surface area contributed by atoms with Gasteiger partial charge in [0, 0.05) is 49.7 Å². The molecule has 3 rings (SSSR count). The van der Waals surface area contributed by atoms with Gasteiger partial charge in [-0.05, 0) is 38.1 Å². The van der Waals surface area contributed by atoms with E-state index in [-0.39, 0.29) is 12.0 Å². The Bertz CT molecular complexity index is 756. The van der Waals surface area contributed by atoms with Crippen molar-refractivity contribution < 1.29 is 9.53 Å². The second-order valence-corrected chi connectivity index (χ2v) is 6.66. The van der Waals surface area contributed by atoms with E-state index in [4.69, 9.17) is 4.74 Å². The summed E-state index contributed by atoms with van der Waals surface area (Å²) < 4.78 is 5.89. The van der Waals surface area contributed by atoms with Gasteiger partial charge in [0.25, 0.3) is 5.91 Å². The summed E-state index contributed by atoms with van der Waals surface area (Å²) in [6.45, 7) is 5.08. The zero-order valence-electron chi connectivity index (χ0n) is 15.2. The van der Waals surface area contributed by atoms with Crippen molar-refractivity contribution in [1.82, 2.24) is 14.9 Å². The highest BCUT2D eigenvalue weighted by Crippen LogP contribution is 2.20. The van der Waals surface area contributed by atoms with E-state index in [1.54, 1.807) is 0 Å². The molecule has 1 aliphatic rings. The Morgan fingerprint density at radius 3 is 2.60 bits per heavy atom. The molecule has 1 unspecified atom stereocenters. The molecule has 6 heteroatoms. The number of aryl methyl sites for hydroxylation is 2. The van der Waals surface area contributed by atoms with Gasteiger partial charge in [-0.25, -0.2) is 9.97 Å². The van der Waals surface area contributed by atoms with Gasteiger partial charge >= 0.3 is 6.01 Å². The number of hydrogen-bond donors (Lipinski definition) is 0. The highest BCUT2D eigenvalue weighted by Gasteiger charge is 2.29. The molecule has 1 fully saturated rings. The molecule has 0 aliphatic carbocycles. The molecule has 0 N–H and O–H groups in total. The molecule has 6 nitrogen and oxygen atoms in total. The van der Waals surface area contributed by atoms with Gasteiger partial charge in [0.2, 0.25) is 0 Å². The summed E-state index contributed by atoms with van der Waals surface area (Å²) in [5.41, 5.74) is 3.49. The molecule has 1 aromatic heterocycles. The first-order valence-electron chi connectivity index (χ1n) is 8.48. The van der Waals surface area contributed by atoms with Crippen molar-refractivity contribution in [2.24, 2.45) is 0 Å². The lowest BCUT2D eigenvalue weighted by atomic mass is 10.1. The number of rotatable bonds is 4. The summed E-state index contributed by atoms with van der Waals surface area (Å²) in [7, 11) is 3.93. The van der Waals surface area contributed by atoms with Gasteiger partial charge in [-0.1, -0.05) is 6.07 Å². The monoisotopic (exact) mass is 340 g/mol. The number of hydrogen-bond acceptors (Lipinski definition) is 5. The fourth-order valence-electron chi connectivity index (χ4n) is 3.00. The molecule has 0 saturated carbocycles. The molecule has 1 amide bonds. The molecule has 2 aromatic rings. The Labute approximate surface area is 148 Å². The molecule has 0 spiro atoms. The van der Waals surface area contributed by atoms with E-state index in [2.05, 4.69) is 9.97 Å². The Hall–Kier alpha value is -2.63. The topological polar surface area (TPSA) is 58.6 Å². The largest absolute Gasteiger partial charge is 0.458 e. The van der Waals surface area contributed by atoms with Crippen molar-refractivity contribution in [2.45, 2.75) is 26.4 Å². The number of carbonyl (C=O) groups is 1. The highest BCUT2D eigenvalue weighted by molar-refractivity contribution is 5.95. The fourth-order valence-corrected chi connectivity index (χ4v) is 3.00. The van der Waals surface area contributed by atoms with E-state index in [1.807, 2.05) is 68.1 Å². The molecule has 132 valence electrons. The molecule has 2 heterocycles. The second-order valence-electron chi connectivity index (χ2n) is 6.66. The maximum Gasteiger partial charge on any atom is 0.317 e. The van der Waals surface area contributed by atoms with Gasteiger partial charge in [0.1, 0.15) is 6.10 Å². The van der Waals surface area contributed by atoms with Gasteiger partial charge in [-0.15, -0.1) is 0 Å². The molecular formula is C19H24N4O2. The van der Waals surface area contributed by atoms with Gasteiger partial charge in [0.05, 0.1) is 6.54 Å². The molecule has 25 heavy (non-hydrogen) atoms. The number of likely N-dealkylation sites (tertiary alicyclic amines) is 1. The fraction of sp³-hybridized carbons (Fsp3) is 0.421. The van der Waals surface area contributed by atoms with Crippen LogP contribution >= 0.6 is 0 Å². The summed E-state index contributed by atoms with van der Waals surface area (Å²) in [6.07, 6.45) is 0.720. The van der Waals surface area contributed by atoms with Crippen molar-refractivity contribution in [2.75, 3.05) is 32.1 Å². The van der Waals surface area contributed by atoms with Gasteiger partial charge in [0.15, 0.2) is 0 Å². The Morgan fingerprint density at radius 2 is 1.92 bits per heavy atom. The highest BCUT2D eigenvalue weighted by atomic mass is 16.5. The minimum absolute atomic E-state index is 0.0381. The van der Waals surface area contributed by atoms with E-state index < -0.39 is 0 Å². The SMILES string of the molecule is Cc1cc(C)nc(OC2CCN(C(=O)c3cccc(N(C)C)c3)C2)n1. The third-order valence-electron chi connectivity index (χ3n) is 4.28. The molecule has 1 saturated heterocycles. The standard InChI is InChI=1S/C19H24N4O2/c1-13-10-14(2)21-19(20-13)25-17-8-9-23(12-17)18(24)15-6-5-7-16(11-15)22(3)4/h5-7,10-11,17H,8-9,12H2,1-4H3. The van der Waals surface area contributed by atoms with Crippen LogP contribution in [-0.2, 0) is 0 Å². The predicted molar refractivity (Wildman–Crippen MR) is 97.2 cm³/mol. The van der Waals surface area contributed by atoms with Crippen LogP contribution in [0.1, 0.15) is 28.2 Å². The summed E-state index contributed by atoms with van der Waals surface area (Å²) >= 11 is 0. The second kappa shape index (κ2) is 7.09. The van der Waals surface area contributed by atoms with E-state index in [0.29, 0.717) is 24.7 Å². The number of ether oxygens (including phenoxy) is 1. The molecular weight excluding hydrogens is 316 g/mol. The average molecular weight is 340 g/mol. The number of carbonyl (C=O) groups excluding carboxylic acids is 1. The number of amides is 1. The maximum atomic E-state index is 12.7. The lowest BCUT2D eigenvalue weighted by Gasteiger charge is -2.18. The van der Waals surface area contributed by atoms with Crippen LogP contribution in [0.5, 0.6) is 6.01 Å². The Balaban J connectivity index is 1.66. The molecule has 0 radical (unpaired) electrons. The van der Waals surface area contributed by atoms with Crippen LogP contribution in [0.25, 0.3) is 0 Å². The smallest absolute Gasteiger partial charge is 0.317 e. The maximum absolute atomic E-state index is 12.7. The van der Waals surface area contributed by atoms with Crippen LogP contribution in [0, 0.1) is 13.8 Å². The normalized spacial score (nSPS) is 16.8.